The quantitative estimate of drug-likeness (QED) is 0.866. The van der Waals surface area contributed by atoms with Gasteiger partial charge in [0, 0.05) is 19.4 Å². The van der Waals surface area contributed by atoms with E-state index in [1.165, 1.54) is 6.07 Å². The molecule has 0 amide bonds. The first-order chi connectivity index (χ1) is 8.02. The molecule has 1 aromatic heterocycles. The van der Waals surface area contributed by atoms with Crippen LogP contribution in [0, 0.1) is 11.6 Å². The van der Waals surface area contributed by atoms with Crippen molar-refractivity contribution in [1.29, 1.82) is 0 Å². The summed E-state index contributed by atoms with van der Waals surface area (Å²) in [4.78, 5) is 4.09. The normalized spacial score (nSPS) is 12.8. The second kappa shape index (κ2) is 4.54. The Labute approximate surface area is 105 Å². The molecule has 6 heteroatoms. The van der Waals surface area contributed by atoms with Gasteiger partial charge in [-0.1, -0.05) is 6.07 Å². The predicted molar refractivity (Wildman–Crippen MR) is 63.3 cm³/mol. The zero-order valence-corrected chi connectivity index (χ0v) is 10.6. The maximum absolute atomic E-state index is 13.4. The van der Waals surface area contributed by atoms with Gasteiger partial charge in [0.1, 0.15) is 5.82 Å². The number of hydrogen-bond donors (Lipinski definition) is 1. The average Bonchev–Trinajstić information content (AvgIpc) is 2.72. The van der Waals surface area contributed by atoms with Crippen LogP contribution in [-0.4, -0.2) is 9.55 Å². The summed E-state index contributed by atoms with van der Waals surface area (Å²) in [6.45, 7) is 0. The Balaban J connectivity index is 2.48. The van der Waals surface area contributed by atoms with Crippen LogP contribution in [0.15, 0.2) is 29.0 Å². The number of nitrogens with zero attached hydrogens (tertiary/aromatic N) is 2. The molecule has 1 unspecified atom stereocenters. The molecule has 2 rings (SSSR count). The van der Waals surface area contributed by atoms with Crippen molar-refractivity contribution in [3.05, 3.63) is 52.0 Å². The third-order valence-electron chi connectivity index (χ3n) is 2.54. The van der Waals surface area contributed by atoms with E-state index in [0.29, 0.717) is 11.4 Å². The van der Waals surface area contributed by atoms with E-state index < -0.39 is 17.7 Å². The summed E-state index contributed by atoms with van der Waals surface area (Å²) in [5.74, 6) is -1.27. The fraction of sp³-hybridized carbons (Fsp3) is 0.182. The molecule has 2 aromatic rings. The summed E-state index contributed by atoms with van der Waals surface area (Å²) in [5.41, 5.74) is 6.44. The molecule has 0 spiro atoms. The van der Waals surface area contributed by atoms with E-state index >= 15 is 0 Å². The highest BCUT2D eigenvalue weighted by atomic mass is 79.9. The molecule has 0 fully saturated rings. The van der Waals surface area contributed by atoms with Crippen LogP contribution in [0.4, 0.5) is 8.78 Å². The molecule has 0 aliphatic carbocycles. The lowest BCUT2D eigenvalue weighted by Crippen LogP contribution is -2.17. The Hall–Kier alpha value is -1.27. The number of hydrogen-bond acceptors (Lipinski definition) is 2. The van der Waals surface area contributed by atoms with Crippen LogP contribution < -0.4 is 5.73 Å². The van der Waals surface area contributed by atoms with Crippen molar-refractivity contribution in [2.24, 2.45) is 12.8 Å². The monoisotopic (exact) mass is 301 g/mol. The molecule has 17 heavy (non-hydrogen) atoms. The lowest BCUT2D eigenvalue weighted by atomic mass is 10.1. The molecule has 90 valence electrons. The van der Waals surface area contributed by atoms with Crippen molar-refractivity contribution >= 4 is 15.9 Å². The topological polar surface area (TPSA) is 43.8 Å². The predicted octanol–water partition coefficient (Wildman–Crippen LogP) is 2.51. The number of rotatable bonds is 2. The van der Waals surface area contributed by atoms with Crippen LogP contribution in [0.2, 0.25) is 0 Å². The van der Waals surface area contributed by atoms with Crippen LogP contribution in [0.25, 0.3) is 0 Å². The zero-order valence-electron chi connectivity index (χ0n) is 8.99. The van der Waals surface area contributed by atoms with Gasteiger partial charge in [0.15, 0.2) is 11.6 Å². The van der Waals surface area contributed by atoms with E-state index in [0.717, 1.165) is 6.07 Å². The van der Waals surface area contributed by atoms with Crippen LogP contribution >= 0.6 is 15.9 Å². The van der Waals surface area contributed by atoms with Gasteiger partial charge < -0.3 is 10.3 Å². The van der Waals surface area contributed by atoms with Gasteiger partial charge in [-0.3, -0.25) is 0 Å². The molecule has 1 aromatic carbocycles. The Morgan fingerprint density at radius 2 is 2.12 bits per heavy atom. The molecule has 0 saturated heterocycles. The molecule has 0 aliphatic heterocycles. The van der Waals surface area contributed by atoms with E-state index in [9.17, 15) is 8.78 Å². The molecule has 3 nitrogen and oxygen atoms in total. The van der Waals surface area contributed by atoms with Crippen molar-refractivity contribution in [3.8, 4) is 0 Å². The van der Waals surface area contributed by atoms with Crippen LogP contribution in [0.3, 0.4) is 0 Å². The third-order valence-corrected chi connectivity index (χ3v) is 3.34. The summed E-state index contributed by atoms with van der Waals surface area (Å²) < 4.78 is 28.1. The number of imidazole rings is 1. The highest BCUT2D eigenvalue weighted by molar-refractivity contribution is 9.10. The molecule has 0 aliphatic rings. The van der Waals surface area contributed by atoms with E-state index in [-0.39, 0.29) is 4.47 Å². The van der Waals surface area contributed by atoms with Gasteiger partial charge in [-0.15, -0.1) is 0 Å². The summed E-state index contributed by atoms with van der Waals surface area (Å²) in [6, 6.07) is 1.89. The zero-order chi connectivity index (χ0) is 12.6. The van der Waals surface area contributed by atoms with Crippen molar-refractivity contribution in [2.75, 3.05) is 0 Å². The minimum Gasteiger partial charge on any atom is -0.336 e. The second-order valence-corrected chi connectivity index (χ2v) is 4.43. The van der Waals surface area contributed by atoms with Crippen molar-refractivity contribution in [3.63, 3.8) is 0 Å². The Kier molecular flexibility index (Phi) is 3.26. The standard InChI is InChI=1S/C11H10BrF2N3/c1-17-5-4-16-11(17)10(15)6-2-3-7(13)9(14)8(6)12/h2-5,10H,15H2,1H3. The van der Waals surface area contributed by atoms with Crippen LogP contribution in [-0.2, 0) is 7.05 Å². The fourth-order valence-electron chi connectivity index (χ4n) is 1.60. The maximum Gasteiger partial charge on any atom is 0.173 e. The van der Waals surface area contributed by atoms with E-state index in [2.05, 4.69) is 20.9 Å². The van der Waals surface area contributed by atoms with Crippen LogP contribution in [0.1, 0.15) is 17.4 Å². The minimum absolute atomic E-state index is 0.0352. The molecule has 0 radical (unpaired) electrons. The molecule has 1 heterocycles. The SMILES string of the molecule is Cn1ccnc1C(N)c1ccc(F)c(F)c1Br. The van der Waals surface area contributed by atoms with Crippen LogP contribution in [0.5, 0.6) is 0 Å². The molecule has 0 saturated carbocycles. The fourth-order valence-corrected chi connectivity index (χ4v) is 2.17. The van der Waals surface area contributed by atoms with Gasteiger partial charge in [-0.05, 0) is 27.6 Å². The summed E-state index contributed by atoms with van der Waals surface area (Å²) in [6.07, 6.45) is 3.34. The first-order valence-corrected chi connectivity index (χ1v) is 5.68. The Morgan fingerprint density at radius 3 is 2.71 bits per heavy atom. The minimum atomic E-state index is -0.938. The first-order valence-electron chi connectivity index (χ1n) is 4.88. The lowest BCUT2D eigenvalue weighted by molar-refractivity contribution is 0.500. The number of halogens is 3. The van der Waals surface area contributed by atoms with Gasteiger partial charge in [-0.25, -0.2) is 13.8 Å². The van der Waals surface area contributed by atoms with E-state index in [4.69, 9.17) is 5.73 Å². The van der Waals surface area contributed by atoms with Gasteiger partial charge in [-0.2, -0.15) is 0 Å². The van der Waals surface area contributed by atoms with Crippen molar-refractivity contribution in [1.82, 2.24) is 9.55 Å². The third kappa shape index (κ3) is 2.10. The first kappa shape index (κ1) is 12.2. The van der Waals surface area contributed by atoms with Gasteiger partial charge in [0.2, 0.25) is 0 Å². The number of benzene rings is 1. The molecule has 1 atom stereocenters. The highest BCUT2D eigenvalue weighted by Crippen LogP contribution is 2.29. The smallest absolute Gasteiger partial charge is 0.173 e. The van der Waals surface area contributed by atoms with Gasteiger partial charge in [0.05, 0.1) is 10.5 Å². The second-order valence-electron chi connectivity index (χ2n) is 3.64. The lowest BCUT2D eigenvalue weighted by Gasteiger charge is -2.14. The van der Waals surface area contributed by atoms with Crippen molar-refractivity contribution in [2.45, 2.75) is 6.04 Å². The molecule has 0 bridgehead atoms. The van der Waals surface area contributed by atoms with Crippen molar-refractivity contribution < 1.29 is 8.78 Å². The number of aryl methyl sites for hydroxylation is 1. The Morgan fingerprint density at radius 1 is 1.41 bits per heavy atom. The van der Waals surface area contributed by atoms with Gasteiger partial charge in [0.25, 0.3) is 0 Å². The number of aromatic nitrogens is 2. The summed E-state index contributed by atoms with van der Waals surface area (Å²) >= 11 is 3.01. The largest absolute Gasteiger partial charge is 0.336 e. The van der Waals surface area contributed by atoms with E-state index in [1.807, 2.05) is 0 Å². The highest BCUT2D eigenvalue weighted by Gasteiger charge is 2.20. The molecule has 2 N–H and O–H groups in total. The molecular formula is C11H10BrF2N3. The summed E-state index contributed by atoms with van der Waals surface area (Å²) in [7, 11) is 1.79. The van der Waals surface area contributed by atoms with E-state index in [1.54, 1.807) is 24.0 Å². The average molecular weight is 302 g/mol. The number of nitrogens with two attached hydrogens (primary N) is 1. The van der Waals surface area contributed by atoms with Gasteiger partial charge >= 0.3 is 0 Å². The Bertz CT molecular complexity index is 554. The maximum atomic E-state index is 13.4. The molecular weight excluding hydrogens is 292 g/mol. The summed E-state index contributed by atoms with van der Waals surface area (Å²) in [5, 5.41) is 0.